The highest BCUT2D eigenvalue weighted by atomic mass is 16.5. The molecule has 1 aromatic carbocycles. The van der Waals surface area contributed by atoms with Crippen LogP contribution in [-0.4, -0.2) is 23.2 Å². The quantitative estimate of drug-likeness (QED) is 0.910. The number of hydrogen-bond acceptors (Lipinski definition) is 5. The van der Waals surface area contributed by atoms with Crippen molar-refractivity contribution in [2.75, 3.05) is 7.11 Å². The Balaban J connectivity index is 2.17. The zero-order valence-corrected chi connectivity index (χ0v) is 11.0. The van der Waals surface area contributed by atoms with Crippen molar-refractivity contribution >= 4 is 5.91 Å². The third kappa shape index (κ3) is 3.09. The van der Waals surface area contributed by atoms with Gasteiger partial charge in [0.1, 0.15) is 11.8 Å². The summed E-state index contributed by atoms with van der Waals surface area (Å²) in [6, 6.07) is 7.02. The summed E-state index contributed by atoms with van der Waals surface area (Å²) in [6.45, 7) is 3.23. The molecule has 19 heavy (non-hydrogen) atoms. The largest absolute Gasteiger partial charge is 0.497 e. The third-order valence-corrected chi connectivity index (χ3v) is 2.58. The van der Waals surface area contributed by atoms with Gasteiger partial charge >= 0.3 is 0 Å². The molecule has 100 valence electrons. The van der Waals surface area contributed by atoms with Gasteiger partial charge in [-0.05, 0) is 31.2 Å². The van der Waals surface area contributed by atoms with E-state index in [0.29, 0.717) is 11.7 Å². The Morgan fingerprint density at radius 1 is 1.37 bits per heavy atom. The van der Waals surface area contributed by atoms with E-state index in [2.05, 4.69) is 15.5 Å². The SMILES string of the molecule is COc1ccc(-c2noc(C(C)NC(C)=O)n2)cc1. The zero-order chi connectivity index (χ0) is 13.8. The molecule has 1 aromatic heterocycles. The lowest BCUT2D eigenvalue weighted by Crippen LogP contribution is -2.23. The minimum Gasteiger partial charge on any atom is -0.497 e. The number of hydrogen-bond donors (Lipinski definition) is 1. The van der Waals surface area contributed by atoms with Crippen molar-refractivity contribution in [2.24, 2.45) is 0 Å². The number of nitrogens with zero attached hydrogens (tertiary/aromatic N) is 2. The molecule has 0 saturated carbocycles. The fourth-order valence-corrected chi connectivity index (χ4v) is 1.64. The smallest absolute Gasteiger partial charge is 0.249 e. The maximum Gasteiger partial charge on any atom is 0.249 e. The molecule has 0 aliphatic heterocycles. The molecule has 1 atom stereocenters. The van der Waals surface area contributed by atoms with E-state index < -0.39 is 0 Å². The van der Waals surface area contributed by atoms with Gasteiger partial charge < -0.3 is 14.6 Å². The summed E-state index contributed by atoms with van der Waals surface area (Å²) in [6.07, 6.45) is 0. The van der Waals surface area contributed by atoms with Crippen LogP contribution in [-0.2, 0) is 4.79 Å². The van der Waals surface area contributed by atoms with E-state index in [-0.39, 0.29) is 11.9 Å². The zero-order valence-electron chi connectivity index (χ0n) is 11.0. The van der Waals surface area contributed by atoms with E-state index in [1.165, 1.54) is 6.92 Å². The van der Waals surface area contributed by atoms with Crippen molar-refractivity contribution in [1.29, 1.82) is 0 Å². The van der Waals surface area contributed by atoms with Crippen LogP contribution in [0.2, 0.25) is 0 Å². The van der Waals surface area contributed by atoms with Crippen molar-refractivity contribution in [1.82, 2.24) is 15.5 Å². The number of rotatable bonds is 4. The Hall–Kier alpha value is -2.37. The maximum atomic E-state index is 11.0. The maximum absolute atomic E-state index is 11.0. The molecule has 1 unspecified atom stereocenters. The van der Waals surface area contributed by atoms with Gasteiger partial charge in [0, 0.05) is 12.5 Å². The second kappa shape index (κ2) is 5.51. The molecule has 0 radical (unpaired) electrons. The number of ether oxygens (including phenoxy) is 1. The van der Waals surface area contributed by atoms with Crippen LogP contribution >= 0.6 is 0 Å². The van der Waals surface area contributed by atoms with Crippen LogP contribution in [0.4, 0.5) is 0 Å². The van der Waals surface area contributed by atoms with E-state index in [1.54, 1.807) is 14.0 Å². The van der Waals surface area contributed by atoms with E-state index in [9.17, 15) is 4.79 Å². The summed E-state index contributed by atoms with van der Waals surface area (Å²) in [7, 11) is 1.61. The molecule has 1 N–H and O–H groups in total. The van der Waals surface area contributed by atoms with E-state index >= 15 is 0 Å². The topological polar surface area (TPSA) is 77.3 Å². The fraction of sp³-hybridized carbons (Fsp3) is 0.308. The summed E-state index contributed by atoms with van der Waals surface area (Å²) in [5, 5.41) is 6.58. The van der Waals surface area contributed by atoms with Crippen molar-refractivity contribution in [3.8, 4) is 17.1 Å². The molecule has 0 fully saturated rings. The average Bonchev–Trinajstić information content (AvgIpc) is 2.88. The molecular weight excluding hydrogens is 246 g/mol. The molecule has 0 bridgehead atoms. The Labute approximate surface area is 110 Å². The van der Waals surface area contributed by atoms with Crippen LogP contribution in [0.1, 0.15) is 25.8 Å². The molecule has 1 amide bonds. The fourth-order valence-electron chi connectivity index (χ4n) is 1.64. The third-order valence-electron chi connectivity index (χ3n) is 2.58. The Bertz CT molecular complexity index is 563. The van der Waals surface area contributed by atoms with Gasteiger partial charge in [-0.2, -0.15) is 4.98 Å². The van der Waals surface area contributed by atoms with Crippen LogP contribution < -0.4 is 10.1 Å². The lowest BCUT2D eigenvalue weighted by atomic mass is 10.2. The first-order valence-corrected chi connectivity index (χ1v) is 5.85. The lowest BCUT2D eigenvalue weighted by Gasteiger charge is -2.05. The Kier molecular flexibility index (Phi) is 3.79. The minimum absolute atomic E-state index is 0.142. The summed E-state index contributed by atoms with van der Waals surface area (Å²) < 4.78 is 10.2. The highest BCUT2D eigenvalue weighted by Gasteiger charge is 2.15. The predicted octanol–water partition coefficient (Wildman–Crippen LogP) is 1.94. The highest BCUT2D eigenvalue weighted by Crippen LogP contribution is 2.21. The Morgan fingerprint density at radius 2 is 2.05 bits per heavy atom. The van der Waals surface area contributed by atoms with E-state index in [1.807, 2.05) is 24.3 Å². The molecular formula is C13H15N3O3. The van der Waals surface area contributed by atoms with Gasteiger partial charge in [-0.15, -0.1) is 0 Å². The summed E-state index contributed by atoms with van der Waals surface area (Å²) >= 11 is 0. The van der Waals surface area contributed by atoms with Crippen LogP contribution in [0.15, 0.2) is 28.8 Å². The average molecular weight is 261 g/mol. The molecule has 2 aromatic rings. The van der Waals surface area contributed by atoms with Crippen molar-refractivity contribution in [3.05, 3.63) is 30.2 Å². The molecule has 0 saturated heterocycles. The predicted molar refractivity (Wildman–Crippen MR) is 68.5 cm³/mol. The van der Waals surface area contributed by atoms with Crippen LogP contribution in [0, 0.1) is 0 Å². The number of methoxy groups -OCH3 is 1. The first-order valence-electron chi connectivity index (χ1n) is 5.85. The molecule has 0 aliphatic carbocycles. The van der Waals surface area contributed by atoms with Crippen LogP contribution in [0.3, 0.4) is 0 Å². The van der Waals surface area contributed by atoms with E-state index in [0.717, 1.165) is 11.3 Å². The first kappa shape index (κ1) is 13.1. The summed E-state index contributed by atoms with van der Waals surface area (Å²) in [5.41, 5.74) is 0.825. The van der Waals surface area contributed by atoms with Gasteiger partial charge in [-0.25, -0.2) is 0 Å². The van der Waals surface area contributed by atoms with E-state index in [4.69, 9.17) is 9.26 Å². The monoisotopic (exact) mass is 261 g/mol. The standard InChI is InChI=1S/C13H15N3O3/c1-8(14-9(2)17)13-15-12(16-19-13)10-4-6-11(18-3)7-5-10/h4-8H,1-3H3,(H,14,17). The molecule has 2 rings (SSSR count). The molecule has 0 aliphatic rings. The molecule has 1 heterocycles. The highest BCUT2D eigenvalue weighted by molar-refractivity contribution is 5.73. The van der Waals surface area contributed by atoms with Crippen molar-refractivity contribution in [3.63, 3.8) is 0 Å². The second-order valence-electron chi connectivity index (χ2n) is 4.11. The minimum atomic E-state index is -0.308. The van der Waals surface area contributed by atoms with Crippen LogP contribution in [0.25, 0.3) is 11.4 Å². The number of carbonyl (C=O) groups is 1. The van der Waals surface area contributed by atoms with Gasteiger partial charge in [0.25, 0.3) is 0 Å². The summed E-state index contributed by atoms with van der Waals surface area (Å²) in [5.74, 6) is 1.48. The second-order valence-corrected chi connectivity index (χ2v) is 4.11. The Morgan fingerprint density at radius 3 is 2.63 bits per heavy atom. The number of benzene rings is 1. The molecule has 0 spiro atoms. The van der Waals surface area contributed by atoms with Crippen molar-refractivity contribution in [2.45, 2.75) is 19.9 Å². The normalized spacial score (nSPS) is 11.9. The van der Waals surface area contributed by atoms with Gasteiger partial charge in [0.05, 0.1) is 7.11 Å². The molecule has 6 heteroatoms. The number of nitrogens with one attached hydrogen (secondary N) is 1. The summed E-state index contributed by atoms with van der Waals surface area (Å²) in [4.78, 5) is 15.2. The first-order chi connectivity index (χ1) is 9.10. The van der Waals surface area contributed by atoms with Crippen LogP contribution in [0.5, 0.6) is 5.75 Å². The van der Waals surface area contributed by atoms with Gasteiger partial charge in [0.15, 0.2) is 0 Å². The number of carbonyl (C=O) groups excluding carboxylic acids is 1. The van der Waals surface area contributed by atoms with Gasteiger partial charge in [0.2, 0.25) is 17.6 Å². The lowest BCUT2D eigenvalue weighted by molar-refractivity contribution is -0.119. The van der Waals surface area contributed by atoms with Gasteiger partial charge in [-0.1, -0.05) is 5.16 Å². The molecule has 6 nitrogen and oxygen atoms in total. The number of aromatic nitrogens is 2. The van der Waals surface area contributed by atoms with Gasteiger partial charge in [-0.3, -0.25) is 4.79 Å². The number of amides is 1. The van der Waals surface area contributed by atoms with Crippen molar-refractivity contribution < 1.29 is 14.1 Å².